The monoisotopic (exact) mass is 478 g/mol. The Bertz CT molecular complexity index is 1270. The lowest BCUT2D eigenvalue weighted by Crippen LogP contribution is -2.27. The summed E-state index contributed by atoms with van der Waals surface area (Å²) in [6, 6.07) is 16.0. The number of amides is 1. The van der Waals surface area contributed by atoms with E-state index >= 15 is 0 Å². The van der Waals surface area contributed by atoms with E-state index in [1.54, 1.807) is 30.5 Å². The van der Waals surface area contributed by atoms with Crippen molar-refractivity contribution in [1.29, 1.82) is 0 Å². The van der Waals surface area contributed by atoms with E-state index in [2.05, 4.69) is 20.3 Å². The molecule has 1 amide bonds. The Labute approximate surface area is 201 Å². The number of pyridine rings is 1. The predicted molar refractivity (Wildman–Crippen MR) is 134 cm³/mol. The van der Waals surface area contributed by atoms with Gasteiger partial charge in [-0.1, -0.05) is 32.0 Å². The molecule has 0 spiro atoms. The number of aromatic nitrogens is 1. The molecule has 178 valence electrons. The second kappa shape index (κ2) is 10.4. The number of carbonyl (C=O) groups is 1. The fourth-order valence-electron chi connectivity index (χ4n) is 4.12. The second-order valence-electron chi connectivity index (χ2n) is 8.40. The quantitative estimate of drug-likeness (QED) is 0.421. The summed E-state index contributed by atoms with van der Waals surface area (Å²) >= 11 is 0. The van der Waals surface area contributed by atoms with Crippen molar-refractivity contribution in [2.24, 2.45) is 0 Å². The first kappa shape index (κ1) is 23.9. The average molecular weight is 479 g/mol. The number of fused-ring (bicyclic) bond motifs is 1. The molecule has 4 rings (SSSR count). The molecule has 3 N–H and O–H groups in total. The lowest BCUT2D eigenvalue weighted by atomic mass is 10.1. The first-order valence-electron chi connectivity index (χ1n) is 11.7. The highest BCUT2D eigenvalue weighted by atomic mass is 32.2. The van der Waals surface area contributed by atoms with Crippen molar-refractivity contribution >= 4 is 27.4 Å². The predicted octanol–water partition coefficient (Wildman–Crippen LogP) is 4.49. The lowest BCUT2D eigenvalue weighted by Gasteiger charge is -2.16. The molecule has 34 heavy (non-hydrogen) atoms. The molecule has 8 heteroatoms. The molecule has 0 bridgehead atoms. The van der Waals surface area contributed by atoms with Gasteiger partial charge in [-0.3, -0.25) is 4.79 Å². The van der Waals surface area contributed by atoms with Crippen LogP contribution in [0.5, 0.6) is 0 Å². The van der Waals surface area contributed by atoms with Crippen LogP contribution in [-0.4, -0.2) is 25.9 Å². The van der Waals surface area contributed by atoms with Gasteiger partial charge in [-0.15, -0.1) is 0 Å². The van der Waals surface area contributed by atoms with Gasteiger partial charge in [0.2, 0.25) is 10.0 Å². The number of hydrogen-bond donors (Lipinski definition) is 3. The maximum Gasteiger partial charge on any atom is 0.255 e. The number of hydrogen-bond acceptors (Lipinski definition) is 5. The van der Waals surface area contributed by atoms with Gasteiger partial charge in [-0.25, -0.2) is 18.1 Å². The largest absolute Gasteiger partial charge is 0.352 e. The molecule has 7 nitrogen and oxygen atoms in total. The smallest absolute Gasteiger partial charge is 0.255 e. The maximum atomic E-state index is 13.0. The minimum Gasteiger partial charge on any atom is -0.352 e. The number of nitrogens with zero attached hydrogens (tertiary/aromatic N) is 1. The van der Waals surface area contributed by atoms with Crippen LogP contribution in [0.1, 0.15) is 59.8 Å². The Kier molecular flexibility index (Phi) is 7.29. The van der Waals surface area contributed by atoms with E-state index in [4.69, 9.17) is 0 Å². The van der Waals surface area contributed by atoms with Gasteiger partial charge in [0.05, 0.1) is 10.5 Å². The first-order valence-corrected chi connectivity index (χ1v) is 13.1. The highest BCUT2D eigenvalue weighted by Crippen LogP contribution is 2.35. The first-order chi connectivity index (χ1) is 16.4. The Morgan fingerprint density at radius 2 is 1.88 bits per heavy atom. The van der Waals surface area contributed by atoms with Crippen molar-refractivity contribution in [3.63, 3.8) is 0 Å². The number of anilines is 2. The molecule has 1 heterocycles. The summed E-state index contributed by atoms with van der Waals surface area (Å²) in [5.74, 6) is 0.278. The molecule has 1 aliphatic carbocycles. The third-order valence-electron chi connectivity index (χ3n) is 6.01. The minimum atomic E-state index is -3.65. The standard InChI is InChI=1S/C26H30N4O3S/c1-3-15-28-26(31)22-6-5-16-27-25(22)29-20-11-9-19-10-14-24(23(19)17-20)30-34(32,33)21-12-7-18(4-2)8-13-21/h5-9,11-13,16-17,24,30H,3-4,10,14-15H2,1-2H3,(H,27,29)(H,28,31). The molecule has 1 aliphatic rings. The Morgan fingerprint density at radius 3 is 2.62 bits per heavy atom. The molecule has 1 unspecified atom stereocenters. The molecule has 0 saturated carbocycles. The third kappa shape index (κ3) is 5.29. The number of nitrogens with one attached hydrogen (secondary N) is 3. The van der Waals surface area contributed by atoms with E-state index in [1.165, 1.54) is 0 Å². The van der Waals surface area contributed by atoms with Crippen molar-refractivity contribution in [3.8, 4) is 0 Å². The van der Waals surface area contributed by atoms with E-state index in [9.17, 15) is 13.2 Å². The molecular formula is C26H30N4O3S. The highest BCUT2D eigenvalue weighted by Gasteiger charge is 2.28. The fourth-order valence-corrected chi connectivity index (χ4v) is 5.37. The van der Waals surface area contributed by atoms with E-state index in [1.807, 2.05) is 44.2 Å². The van der Waals surface area contributed by atoms with Crippen molar-refractivity contribution in [1.82, 2.24) is 15.0 Å². The molecule has 1 atom stereocenters. The molecule has 0 aliphatic heterocycles. The van der Waals surface area contributed by atoms with Crippen LogP contribution in [0, 0.1) is 0 Å². The van der Waals surface area contributed by atoms with Gasteiger partial charge in [0, 0.05) is 24.5 Å². The summed E-state index contributed by atoms with van der Waals surface area (Å²) in [6.07, 6.45) is 4.83. The van der Waals surface area contributed by atoms with E-state index in [0.29, 0.717) is 24.3 Å². The number of aryl methyl sites for hydroxylation is 2. The van der Waals surface area contributed by atoms with E-state index in [0.717, 1.165) is 41.6 Å². The zero-order valence-electron chi connectivity index (χ0n) is 19.5. The van der Waals surface area contributed by atoms with Gasteiger partial charge in [0.1, 0.15) is 5.82 Å². The molecular weight excluding hydrogens is 448 g/mol. The average Bonchev–Trinajstić information content (AvgIpc) is 3.24. The minimum absolute atomic E-state index is 0.182. The van der Waals surface area contributed by atoms with Crippen molar-refractivity contribution in [2.75, 3.05) is 11.9 Å². The molecule has 0 radical (unpaired) electrons. The molecule has 0 fully saturated rings. The summed E-state index contributed by atoms with van der Waals surface area (Å²) in [5, 5.41) is 6.11. The Balaban J connectivity index is 1.54. The fraction of sp³-hybridized carbons (Fsp3) is 0.308. The lowest BCUT2D eigenvalue weighted by molar-refractivity contribution is 0.0954. The van der Waals surface area contributed by atoms with Crippen LogP contribution < -0.4 is 15.4 Å². The number of benzene rings is 2. The van der Waals surface area contributed by atoms with Crippen LogP contribution in [0.25, 0.3) is 0 Å². The van der Waals surface area contributed by atoms with Crippen molar-refractivity contribution < 1.29 is 13.2 Å². The molecule has 3 aromatic rings. The zero-order valence-corrected chi connectivity index (χ0v) is 20.3. The van der Waals surface area contributed by atoms with Gasteiger partial charge in [-0.05, 0) is 78.8 Å². The van der Waals surface area contributed by atoms with Gasteiger partial charge >= 0.3 is 0 Å². The van der Waals surface area contributed by atoms with Gasteiger partial charge < -0.3 is 10.6 Å². The van der Waals surface area contributed by atoms with Gasteiger partial charge in [0.25, 0.3) is 5.91 Å². The van der Waals surface area contributed by atoms with Crippen LogP contribution in [0.3, 0.4) is 0 Å². The Hall–Kier alpha value is -3.23. The van der Waals surface area contributed by atoms with E-state index < -0.39 is 10.0 Å². The van der Waals surface area contributed by atoms with Gasteiger partial charge in [-0.2, -0.15) is 0 Å². The Morgan fingerprint density at radius 1 is 1.09 bits per heavy atom. The van der Waals surface area contributed by atoms with E-state index in [-0.39, 0.29) is 16.8 Å². The number of rotatable bonds is 9. The summed E-state index contributed by atoms with van der Waals surface area (Å²) in [4.78, 5) is 17.1. The maximum absolute atomic E-state index is 13.0. The summed E-state index contributed by atoms with van der Waals surface area (Å²) in [7, 11) is -3.65. The normalized spacial score (nSPS) is 15.1. The second-order valence-corrected chi connectivity index (χ2v) is 10.1. The summed E-state index contributed by atoms with van der Waals surface area (Å²) in [5.41, 5.74) is 4.36. The molecule has 2 aromatic carbocycles. The van der Waals surface area contributed by atoms with Crippen LogP contribution in [0.15, 0.2) is 65.7 Å². The molecule has 0 saturated heterocycles. The molecule has 1 aromatic heterocycles. The summed E-state index contributed by atoms with van der Waals surface area (Å²) in [6.45, 7) is 4.63. The van der Waals surface area contributed by atoms with Gasteiger partial charge in [0.15, 0.2) is 0 Å². The zero-order chi connectivity index (χ0) is 24.1. The van der Waals surface area contributed by atoms with Crippen LogP contribution >= 0.6 is 0 Å². The van der Waals surface area contributed by atoms with Crippen LogP contribution in [0.4, 0.5) is 11.5 Å². The van der Waals surface area contributed by atoms with Crippen molar-refractivity contribution in [3.05, 3.63) is 83.0 Å². The van der Waals surface area contributed by atoms with Crippen LogP contribution in [0.2, 0.25) is 0 Å². The number of sulfonamides is 1. The summed E-state index contributed by atoms with van der Waals surface area (Å²) < 4.78 is 28.9. The SMILES string of the molecule is CCCNC(=O)c1cccnc1Nc1ccc2c(c1)C(NS(=O)(=O)c1ccc(CC)cc1)CC2. The third-order valence-corrected chi connectivity index (χ3v) is 7.50. The topological polar surface area (TPSA) is 100 Å². The van der Waals surface area contributed by atoms with Crippen molar-refractivity contribution in [2.45, 2.75) is 50.5 Å². The number of carbonyl (C=O) groups excluding carboxylic acids is 1. The highest BCUT2D eigenvalue weighted by molar-refractivity contribution is 7.89. The van der Waals surface area contributed by atoms with Crippen LogP contribution in [-0.2, 0) is 22.9 Å².